The molecule has 1 saturated heterocycles. The maximum atomic E-state index is 12.9. The number of sulfonamides is 1. The van der Waals surface area contributed by atoms with E-state index in [1.54, 1.807) is 40.7 Å². The molecular formula is C20H18N4O4S2. The Balaban J connectivity index is 1.55. The third-order valence-electron chi connectivity index (χ3n) is 4.60. The van der Waals surface area contributed by atoms with Crippen molar-refractivity contribution in [2.45, 2.75) is 17.7 Å². The van der Waals surface area contributed by atoms with Gasteiger partial charge in [-0.3, -0.25) is 19.6 Å². The second-order valence-electron chi connectivity index (χ2n) is 6.59. The molecule has 0 radical (unpaired) electrons. The normalized spacial score (nSPS) is 14.0. The summed E-state index contributed by atoms with van der Waals surface area (Å²) in [5.74, 6) is -0.435. The molecule has 0 atom stereocenters. The molecule has 4 rings (SSSR count). The predicted molar refractivity (Wildman–Crippen MR) is 115 cm³/mol. The van der Waals surface area contributed by atoms with Crippen molar-refractivity contribution in [3.63, 3.8) is 0 Å². The van der Waals surface area contributed by atoms with Crippen LogP contribution in [0.1, 0.15) is 23.2 Å². The number of benzene rings is 2. The standard InChI is InChI=1S/C20H18N4O4S2/c25-18-6-3-12-24(18)14-7-9-15(10-8-14)30(27,28)23-17-5-2-1-4-16(17)19(26)22-20-21-11-13-29-20/h1-2,4-5,7-11,13,23H,3,6,12H2,(H,21,22,26). The lowest BCUT2D eigenvalue weighted by Crippen LogP contribution is -2.23. The summed E-state index contributed by atoms with van der Waals surface area (Å²) in [7, 11) is -3.93. The van der Waals surface area contributed by atoms with Gasteiger partial charge in [0.2, 0.25) is 5.91 Å². The van der Waals surface area contributed by atoms with Crippen LogP contribution in [-0.4, -0.2) is 31.8 Å². The summed E-state index contributed by atoms with van der Waals surface area (Å²) in [5.41, 5.74) is 1.00. The highest BCUT2D eigenvalue weighted by Crippen LogP contribution is 2.25. The van der Waals surface area contributed by atoms with Gasteiger partial charge in [-0.1, -0.05) is 12.1 Å². The van der Waals surface area contributed by atoms with Gasteiger partial charge >= 0.3 is 0 Å². The van der Waals surface area contributed by atoms with Crippen molar-refractivity contribution in [3.8, 4) is 0 Å². The predicted octanol–water partition coefficient (Wildman–Crippen LogP) is 3.32. The Hall–Kier alpha value is -3.24. The number of hydrogen-bond donors (Lipinski definition) is 2. The van der Waals surface area contributed by atoms with Crippen LogP contribution >= 0.6 is 11.3 Å². The van der Waals surface area contributed by atoms with E-state index in [1.807, 2.05) is 0 Å². The van der Waals surface area contributed by atoms with E-state index in [0.717, 1.165) is 6.42 Å². The van der Waals surface area contributed by atoms with Gasteiger partial charge in [0.15, 0.2) is 5.13 Å². The van der Waals surface area contributed by atoms with Gasteiger partial charge in [0.1, 0.15) is 0 Å². The van der Waals surface area contributed by atoms with Crippen molar-refractivity contribution in [3.05, 3.63) is 65.7 Å². The highest BCUT2D eigenvalue weighted by molar-refractivity contribution is 7.92. The lowest BCUT2D eigenvalue weighted by molar-refractivity contribution is -0.117. The van der Waals surface area contributed by atoms with Gasteiger partial charge in [0.05, 0.1) is 16.1 Å². The molecule has 0 aliphatic carbocycles. The summed E-state index contributed by atoms with van der Waals surface area (Å²) >= 11 is 1.26. The summed E-state index contributed by atoms with van der Waals surface area (Å²) < 4.78 is 28.2. The van der Waals surface area contributed by atoms with Gasteiger partial charge < -0.3 is 4.90 Å². The summed E-state index contributed by atoms with van der Waals surface area (Å²) in [6.07, 6.45) is 2.86. The number of para-hydroxylation sites is 1. The Morgan fingerprint density at radius 3 is 2.53 bits per heavy atom. The highest BCUT2D eigenvalue weighted by atomic mass is 32.2. The molecule has 2 aromatic carbocycles. The number of rotatable bonds is 6. The Kier molecular flexibility index (Phi) is 5.51. The van der Waals surface area contributed by atoms with Crippen LogP contribution in [0.2, 0.25) is 0 Å². The number of nitrogens with one attached hydrogen (secondary N) is 2. The minimum atomic E-state index is -3.93. The highest BCUT2D eigenvalue weighted by Gasteiger charge is 2.23. The molecular weight excluding hydrogens is 424 g/mol. The van der Waals surface area contributed by atoms with E-state index in [-0.39, 0.29) is 22.1 Å². The molecule has 2 amide bonds. The summed E-state index contributed by atoms with van der Waals surface area (Å²) in [6, 6.07) is 12.5. The molecule has 2 N–H and O–H groups in total. The fraction of sp³-hybridized carbons (Fsp3) is 0.150. The van der Waals surface area contributed by atoms with Gasteiger partial charge in [-0.05, 0) is 42.8 Å². The van der Waals surface area contributed by atoms with Gasteiger partial charge in [0, 0.05) is 30.2 Å². The van der Waals surface area contributed by atoms with Crippen LogP contribution in [0.25, 0.3) is 0 Å². The fourth-order valence-corrected chi connectivity index (χ4v) is 4.75. The molecule has 1 aliphatic rings. The first-order valence-corrected chi connectivity index (χ1v) is 11.5. The molecule has 0 unspecified atom stereocenters. The number of anilines is 3. The quantitative estimate of drug-likeness (QED) is 0.609. The third kappa shape index (κ3) is 4.19. The topological polar surface area (TPSA) is 108 Å². The SMILES string of the molecule is O=C(Nc1nccs1)c1ccccc1NS(=O)(=O)c1ccc(N2CCCC2=O)cc1. The van der Waals surface area contributed by atoms with Crippen molar-refractivity contribution >= 4 is 49.7 Å². The zero-order valence-corrected chi connectivity index (χ0v) is 17.4. The second kappa shape index (κ2) is 8.25. The Bertz CT molecular complexity index is 1180. The average molecular weight is 443 g/mol. The van der Waals surface area contributed by atoms with Gasteiger partial charge in [-0.2, -0.15) is 0 Å². The maximum absolute atomic E-state index is 12.9. The zero-order valence-electron chi connectivity index (χ0n) is 15.7. The van der Waals surface area contributed by atoms with E-state index in [9.17, 15) is 18.0 Å². The number of thiazole rings is 1. The fourth-order valence-electron chi connectivity index (χ4n) is 3.15. The molecule has 1 aromatic heterocycles. The average Bonchev–Trinajstić information content (AvgIpc) is 3.40. The van der Waals surface area contributed by atoms with E-state index in [0.29, 0.717) is 23.8 Å². The van der Waals surface area contributed by atoms with Crippen LogP contribution < -0.4 is 14.9 Å². The van der Waals surface area contributed by atoms with Crippen molar-refractivity contribution in [2.75, 3.05) is 21.5 Å². The lowest BCUT2D eigenvalue weighted by atomic mass is 10.2. The molecule has 154 valence electrons. The van der Waals surface area contributed by atoms with Gasteiger partial charge in [0.25, 0.3) is 15.9 Å². The molecule has 30 heavy (non-hydrogen) atoms. The van der Waals surface area contributed by atoms with E-state index < -0.39 is 15.9 Å². The van der Waals surface area contributed by atoms with Crippen LogP contribution in [0.4, 0.5) is 16.5 Å². The molecule has 1 fully saturated rings. The van der Waals surface area contributed by atoms with Gasteiger partial charge in [-0.25, -0.2) is 13.4 Å². The number of amides is 2. The van der Waals surface area contributed by atoms with Crippen LogP contribution in [0.15, 0.2) is 65.0 Å². The van der Waals surface area contributed by atoms with Crippen LogP contribution in [0.5, 0.6) is 0 Å². The Labute approximate surface area is 177 Å². The van der Waals surface area contributed by atoms with E-state index in [2.05, 4.69) is 15.0 Å². The minimum absolute atomic E-state index is 0.0314. The first kappa shape index (κ1) is 20.0. The number of hydrogen-bond acceptors (Lipinski definition) is 6. The largest absolute Gasteiger partial charge is 0.312 e. The van der Waals surface area contributed by atoms with E-state index in [1.165, 1.54) is 35.6 Å². The van der Waals surface area contributed by atoms with Crippen LogP contribution in [0.3, 0.4) is 0 Å². The third-order valence-corrected chi connectivity index (χ3v) is 6.67. The molecule has 8 nitrogen and oxygen atoms in total. The molecule has 0 bridgehead atoms. The maximum Gasteiger partial charge on any atom is 0.261 e. The molecule has 0 saturated carbocycles. The molecule has 3 aromatic rings. The van der Waals surface area contributed by atoms with Crippen molar-refractivity contribution in [1.29, 1.82) is 0 Å². The summed E-state index contributed by atoms with van der Waals surface area (Å²) in [5, 5.41) is 4.79. The number of nitrogens with zero attached hydrogens (tertiary/aromatic N) is 2. The van der Waals surface area contributed by atoms with Crippen molar-refractivity contribution in [2.24, 2.45) is 0 Å². The smallest absolute Gasteiger partial charge is 0.261 e. The summed E-state index contributed by atoms with van der Waals surface area (Å²) in [4.78, 5) is 30.1. The molecule has 0 spiro atoms. The van der Waals surface area contributed by atoms with E-state index in [4.69, 9.17) is 0 Å². The zero-order chi connectivity index (χ0) is 21.1. The Morgan fingerprint density at radius 2 is 1.87 bits per heavy atom. The van der Waals surface area contributed by atoms with Crippen molar-refractivity contribution in [1.82, 2.24) is 4.98 Å². The first-order chi connectivity index (χ1) is 14.4. The number of aromatic nitrogens is 1. The Morgan fingerprint density at radius 1 is 1.10 bits per heavy atom. The first-order valence-electron chi connectivity index (χ1n) is 9.17. The van der Waals surface area contributed by atoms with Crippen molar-refractivity contribution < 1.29 is 18.0 Å². The minimum Gasteiger partial charge on any atom is -0.312 e. The second-order valence-corrected chi connectivity index (χ2v) is 9.16. The van der Waals surface area contributed by atoms with Crippen LogP contribution in [0, 0.1) is 0 Å². The number of carbonyl (C=O) groups is 2. The van der Waals surface area contributed by atoms with Gasteiger partial charge in [-0.15, -0.1) is 11.3 Å². The van der Waals surface area contributed by atoms with E-state index >= 15 is 0 Å². The number of carbonyl (C=O) groups excluding carboxylic acids is 2. The molecule has 2 heterocycles. The monoisotopic (exact) mass is 442 g/mol. The van der Waals surface area contributed by atoms with Crippen LogP contribution in [-0.2, 0) is 14.8 Å². The molecule has 10 heteroatoms. The summed E-state index contributed by atoms with van der Waals surface area (Å²) in [6.45, 7) is 0.630. The molecule has 1 aliphatic heterocycles. The lowest BCUT2D eigenvalue weighted by Gasteiger charge is -2.16.